The zero-order valence-corrected chi connectivity index (χ0v) is 20.1. The van der Waals surface area contributed by atoms with Crippen LogP contribution < -0.4 is 18.9 Å². The zero-order chi connectivity index (χ0) is 20.5. The molecule has 28 heavy (non-hydrogen) atoms. The van der Waals surface area contributed by atoms with Crippen molar-refractivity contribution in [2.45, 2.75) is 38.5 Å². The van der Waals surface area contributed by atoms with E-state index in [0.717, 1.165) is 57.6 Å². The Kier molecular flexibility index (Phi) is 9.45. The van der Waals surface area contributed by atoms with Crippen molar-refractivity contribution in [3.05, 3.63) is 44.3 Å². The number of methoxy groups -OCH3 is 4. The predicted molar refractivity (Wildman–Crippen MR) is 120 cm³/mol. The first-order chi connectivity index (χ1) is 13.5. The molecule has 154 valence electrons. The van der Waals surface area contributed by atoms with Gasteiger partial charge in [0, 0.05) is 8.95 Å². The minimum atomic E-state index is 0.749. The fourth-order valence-corrected chi connectivity index (χ4v) is 4.20. The molecule has 0 fully saturated rings. The molecule has 2 aromatic rings. The van der Waals surface area contributed by atoms with Gasteiger partial charge in [-0.2, -0.15) is 0 Å². The van der Waals surface area contributed by atoms with E-state index in [1.54, 1.807) is 28.4 Å². The Bertz CT molecular complexity index is 712. The Morgan fingerprint density at radius 3 is 1.18 bits per heavy atom. The third-order valence-electron chi connectivity index (χ3n) is 4.75. The molecule has 0 amide bonds. The Balaban J connectivity index is 1.81. The summed E-state index contributed by atoms with van der Waals surface area (Å²) in [6.45, 7) is 0. The number of aryl methyl sites for hydroxylation is 2. The third kappa shape index (κ3) is 6.05. The third-order valence-corrected chi connectivity index (χ3v) is 6.22. The maximum Gasteiger partial charge on any atom is 0.161 e. The Morgan fingerprint density at radius 2 is 0.857 bits per heavy atom. The number of hydrogen-bond donors (Lipinski definition) is 0. The van der Waals surface area contributed by atoms with Crippen LogP contribution in [0.2, 0.25) is 0 Å². The summed E-state index contributed by atoms with van der Waals surface area (Å²) in [4.78, 5) is 0. The quantitative estimate of drug-likeness (QED) is 0.316. The van der Waals surface area contributed by atoms with Crippen molar-refractivity contribution < 1.29 is 18.9 Å². The van der Waals surface area contributed by atoms with Crippen LogP contribution in [-0.4, -0.2) is 28.4 Å². The van der Waals surface area contributed by atoms with Crippen LogP contribution in [0, 0.1) is 0 Å². The summed E-state index contributed by atoms with van der Waals surface area (Å²) >= 11 is 7.27. The van der Waals surface area contributed by atoms with Gasteiger partial charge in [0.2, 0.25) is 0 Å². The highest BCUT2D eigenvalue weighted by atomic mass is 79.9. The van der Waals surface area contributed by atoms with Gasteiger partial charge in [0.25, 0.3) is 0 Å². The number of ether oxygens (including phenoxy) is 4. The van der Waals surface area contributed by atoms with E-state index in [1.807, 2.05) is 12.1 Å². The molecule has 0 unspecified atom stereocenters. The second-order valence-corrected chi connectivity index (χ2v) is 8.22. The highest BCUT2D eigenvalue weighted by Gasteiger charge is 2.11. The number of hydrogen-bond acceptors (Lipinski definition) is 4. The summed E-state index contributed by atoms with van der Waals surface area (Å²) in [6.07, 6.45) is 6.68. The molecule has 0 aliphatic heterocycles. The van der Waals surface area contributed by atoms with Gasteiger partial charge in [-0.05, 0) is 61.1 Å². The first-order valence-electron chi connectivity index (χ1n) is 9.34. The summed E-state index contributed by atoms with van der Waals surface area (Å²) < 4.78 is 23.6. The van der Waals surface area contributed by atoms with E-state index < -0.39 is 0 Å². The molecule has 0 radical (unpaired) electrons. The summed E-state index contributed by atoms with van der Waals surface area (Å²) in [5.74, 6) is 3.05. The van der Waals surface area contributed by atoms with Crippen LogP contribution >= 0.6 is 31.9 Å². The number of halogens is 2. The summed E-state index contributed by atoms with van der Waals surface area (Å²) in [6, 6.07) is 8.07. The normalized spacial score (nSPS) is 10.6. The number of rotatable bonds is 11. The molecule has 2 aromatic carbocycles. The van der Waals surface area contributed by atoms with Gasteiger partial charge in [-0.15, -0.1) is 0 Å². The molecule has 0 heterocycles. The average Bonchev–Trinajstić information content (AvgIpc) is 2.71. The van der Waals surface area contributed by atoms with Gasteiger partial charge >= 0.3 is 0 Å². The lowest BCUT2D eigenvalue weighted by atomic mass is 10.0. The lowest BCUT2D eigenvalue weighted by Gasteiger charge is -2.12. The summed E-state index contributed by atoms with van der Waals surface area (Å²) in [7, 11) is 6.64. The average molecular weight is 516 g/mol. The minimum Gasteiger partial charge on any atom is -0.493 e. The molecule has 0 saturated heterocycles. The van der Waals surface area contributed by atoms with E-state index in [0.29, 0.717) is 0 Å². The van der Waals surface area contributed by atoms with Gasteiger partial charge in [0.15, 0.2) is 23.0 Å². The topological polar surface area (TPSA) is 36.9 Å². The summed E-state index contributed by atoms with van der Waals surface area (Å²) in [5.41, 5.74) is 2.50. The van der Waals surface area contributed by atoms with E-state index in [9.17, 15) is 0 Å². The van der Waals surface area contributed by atoms with Gasteiger partial charge < -0.3 is 18.9 Å². The molecular weight excluding hydrogens is 488 g/mol. The van der Waals surface area contributed by atoms with E-state index in [4.69, 9.17) is 18.9 Å². The van der Waals surface area contributed by atoms with Crippen LogP contribution in [0.5, 0.6) is 23.0 Å². The molecule has 0 atom stereocenters. The standard InChI is InChI=1S/C22H28Br2O4/c1-25-19-11-15(17(23)13-21(19)27-3)9-7-5-6-8-10-16-12-20(26-2)22(28-4)14-18(16)24/h11-14H,5-10H2,1-4H3. The number of benzene rings is 2. The van der Waals surface area contributed by atoms with E-state index in [1.165, 1.54) is 24.0 Å². The molecular formula is C22H28Br2O4. The lowest BCUT2D eigenvalue weighted by molar-refractivity contribution is 0.354. The van der Waals surface area contributed by atoms with Crippen LogP contribution in [0.3, 0.4) is 0 Å². The van der Waals surface area contributed by atoms with Crippen LogP contribution in [0.25, 0.3) is 0 Å². The maximum atomic E-state index is 5.40. The minimum absolute atomic E-state index is 0.749. The molecule has 2 rings (SSSR count). The van der Waals surface area contributed by atoms with Crippen molar-refractivity contribution in [1.29, 1.82) is 0 Å². The van der Waals surface area contributed by atoms with Crippen LogP contribution in [-0.2, 0) is 12.8 Å². The first-order valence-corrected chi connectivity index (χ1v) is 10.9. The molecule has 0 spiro atoms. The Hall–Kier alpha value is -1.40. The van der Waals surface area contributed by atoms with Crippen molar-refractivity contribution in [3.8, 4) is 23.0 Å². The van der Waals surface area contributed by atoms with E-state index >= 15 is 0 Å². The van der Waals surface area contributed by atoms with Crippen molar-refractivity contribution in [2.24, 2.45) is 0 Å². The monoisotopic (exact) mass is 514 g/mol. The van der Waals surface area contributed by atoms with Crippen molar-refractivity contribution in [2.75, 3.05) is 28.4 Å². The predicted octanol–water partition coefficient (Wildman–Crippen LogP) is 6.59. The molecule has 0 aliphatic carbocycles. The molecule has 0 bridgehead atoms. The van der Waals surface area contributed by atoms with Gasteiger partial charge in [0.1, 0.15) is 0 Å². The van der Waals surface area contributed by atoms with Gasteiger partial charge in [-0.25, -0.2) is 0 Å². The molecule has 0 N–H and O–H groups in total. The van der Waals surface area contributed by atoms with Gasteiger partial charge in [-0.3, -0.25) is 0 Å². The highest BCUT2D eigenvalue weighted by Crippen LogP contribution is 2.35. The SMILES string of the molecule is COc1cc(Br)c(CCCCCCc2cc(OC)c(OC)cc2Br)cc1OC. The zero-order valence-electron chi connectivity index (χ0n) is 16.9. The van der Waals surface area contributed by atoms with Crippen LogP contribution in [0.4, 0.5) is 0 Å². The largest absolute Gasteiger partial charge is 0.493 e. The highest BCUT2D eigenvalue weighted by molar-refractivity contribution is 9.10. The van der Waals surface area contributed by atoms with Gasteiger partial charge in [0.05, 0.1) is 28.4 Å². The van der Waals surface area contributed by atoms with Crippen molar-refractivity contribution in [1.82, 2.24) is 0 Å². The maximum absolute atomic E-state index is 5.40. The molecule has 6 heteroatoms. The van der Waals surface area contributed by atoms with Crippen LogP contribution in [0.1, 0.15) is 36.8 Å². The fourth-order valence-electron chi connectivity index (χ4n) is 3.16. The second-order valence-electron chi connectivity index (χ2n) is 6.51. The first kappa shape index (κ1) is 22.9. The fraction of sp³-hybridized carbons (Fsp3) is 0.455. The van der Waals surface area contributed by atoms with E-state index in [2.05, 4.69) is 44.0 Å². The summed E-state index contributed by atoms with van der Waals surface area (Å²) in [5, 5.41) is 0. The smallest absolute Gasteiger partial charge is 0.161 e. The lowest BCUT2D eigenvalue weighted by Crippen LogP contribution is -1.96. The Labute approximate surface area is 184 Å². The van der Waals surface area contributed by atoms with Crippen molar-refractivity contribution in [3.63, 3.8) is 0 Å². The molecule has 0 aliphatic rings. The van der Waals surface area contributed by atoms with Crippen molar-refractivity contribution >= 4 is 31.9 Å². The molecule has 0 saturated carbocycles. The Morgan fingerprint density at radius 1 is 0.536 bits per heavy atom. The van der Waals surface area contributed by atoms with E-state index in [-0.39, 0.29) is 0 Å². The second kappa shape index (κ2) is 11.6. The van der Waals surface area contributed by atoms with Gasteiger partial charge in [-0.1, -0.05) is 44.7 Å². The number of unbranched alkanes of at least 4 members (excludes halogenated alkanes) is 3. The molecule has 0 aromatic heterocycles. The molecule has 4 nitrogen and oxygen atoms in total. The van der Waals surface area contributed by atoms with Crippen LogP contribution in [0.15, 0.2) is 33.2 Å².